The minimum absolute atomic E-state index is 0.267. The van der Waals surface area contributed by atoms with Gasteiger partial charge in [-0.2, -0.15) is 0 Å². The second kappa shape index (κ2) is 5.47. The first-order valence-corrected chi connectivity index (χ1v) is 8.34. The molecule has 1 heterocycles. The lowest BCUT2D eigenvalue weighted by molar-refractivity contribution is 0.0976. The Hall–Kier alpha value is -1.13. The number of thioether (sulfide) groups is 1. The predicted octanol–water partition coefficient (Wildman–Crippen LogP) is 4.44. The highest BCUT2D eigenvalue weighted by molar-refractivity contribution is 7.99. The van der Waals surface area contributed by atoms with Crippen molar-refractivity contribution in [1.82, 2.24) is 4.98 Å². The molecular formula is C15H15NOS2. The Morgan fingerprint density at radius 3 is 2.74 bits per heavy atom. The van der Waals surface area contributed by atoms with Gasteiger partial charge >= 0.3 is 0 Å². The van der Waals surface area contributed by atoms with Gasteiger partial charge in [-0.3, -0.25) is 4.79 Å². The number of hydrogen-bond acceptors (Lipinski definition) is 4. The van der Waals surface area contributed by atoms with Crippen molar-refractivity contribution >= 4 is 28.9 Å². The quantitative estimate of drug-likeness (QED) is 0.782. The summed E-state index contributed by atoms with van der Waals surface area (Å²) in [5, 5.41) is 0.980. The van der Waals surface area contributed by atoms with Crippen molar-refractivity contribution in [2.75, 3.05) is 5.75 Å². The standard InChI is InChI=1S/C15H15NOS2/c1-2-18-11-8-6-10(7-9-11)15-16-12-4-3-5-13(17)14(12)19-15/h6-9H,2-5H2,1H3. The molecular weight excluding hydrogens is 274 g/mol. The summed E-state index contributed by atoms with van der Waals surface area (Å²) in [6.07, 6.45) is 2.57. The lowest BCUT2D eigenvalue weighted by atomic mass is 10.0. The SMILES string of the molecule is CCSc1ccc(-c2nc3c(s2)C(=O)CCC3)cc1. The van der Waals surface area contributed by atoms with Crippen molar-refractivity contribution in [3.8, 4) is 10.6 Å². The Bertz CT molecular complexity index is 601. The number of thiazole rings is 1. The molecule has 1 aromatic carbocycles. The molecule has 0 bridgehead atoms. The number of carbonyl (C=O) groups excluding carboxylic acids is 1. The molecule has 1 aliphatic carbocycles. The molecule has 0 unspecified atom stereocenters. The summed E-state index contributed by atoms with van der Waals surface area (Å²) in [6, 6.07) is 8.47. The van der Waals surface area contributed by atoms with Crippen molar-refractivity contribution in [2.45, 2.75) is 31.1 Å². The van der Waals surface area contributed by atoms with E-state index in [9.17, 15) is 4.79 Å². The molecule has 4 heteroatoms. The van der Waals surface area contributed by atoms with E-state index in [1.807, 2.05) is 11.8 Å². The second-order valence-corrected chi connectivity index (χ2v) is 6.87. The number of carbonyl (C=O) groups is 1. The Labute approximate surface area is 121 Å². The number of nitrogens with zero attached hydrogens (tertiary/aromatic N) is 1. The minimum atomic E-state index is 0.267. The summed E-state index contributed by atoms with van der Waals surface area (Å²) in [7, 11) is 0. The first kappa shape index (κ1) is 12.9. The molecule has 1 aliphatic rings. The van der Waals surface area contributed by atoms with Crippen LogP contribution in [0.1, 0.15) is 35.1 Å². The lowest BCUT2D eigenvalue weighted by Gasteiger charge is -2.06. The van der Waals surface area contributed by atoms with Gasteiger partial charge in [0.2, 0.25) is 0 Å². The second-order valence-electron chi connectivity index (χ2n) is 4.53. The van der Waals surface area contributed by atoms with Gasteiger partial charge in [0.15, 0.2) is 5.78 Å². The maximum Gasteiger partial charge on any atom is 0.174 e. The lowest BCUT2D eigenvalue weighted by Crippen LogP contribution is -2.07. The number of ketones is 1. The monoisotopic (exact) mass is 289 g/mol. The van der Waals surface area contributed by atoms with Crippen LogP contribution in [0.5, 0.6) is 0 Å². The van der Waals surface area contributed by atoms with Crippen molar-refractivity contribution in [1.29, 1.82) is 0 Å². The van der Waals surface area contributed by atoms with E-state index in [-0.39, 0.29) is 5.78 Å². The molecule has 19 heavy (non-hydrogen) atoms. The van der Waals surface area contributed by atoms with E-state index in [1.165, 1.54) is 4.90 Å². The molecule has 0 atom stereocenters. The summed E-state index contributed by atoms with van der Waals surface area (Å²) in [6.45, 7) is 2.15. The number of rotatable bonds is 3. The number of benzene rings is 1. The number of fused-ring (bicyclic) bond motifs is 1. The third-order valence-electron chi connectivity index (χ3n) is 3.18. The Morgan fingerprint density at radius 2 is 2.05 bits per heavy atom. The number of Topliss-reactive ketones (excluding diaryl/α,β-unsaturated/α-hetero) is 1. The van der Waals surface area contributed by atoms with Crippen LogP contribution in [0.15, 0.2) is 29.2 Å². The van der Waals surface area contributed by atoms with Crippen LogP contribution in [-0.2, 0) is 6.42 Å². The number of hydrogen-bond donors (Lipinski definition) is 0. The van der Waals surface area contributed by atoms with Crippen molar-refractivity contribution < 1.29 is 4.79 Å². The van der Waals surface area contributed by atoms with Gasteiger partial charge in [-0.15, -0.1) is 23.1 Å². The topological polar surface area (TPSA) is 30.0 Å². The van der Waals surface area contributed by atoms with Crippen LogP contribution in [0.25, 0.3) is 10.6 Å². The van der Waals surface area contributed by atoms with Gasteiger partial charge in [0.1, 0.15) is 5.01 Å². The molecule has 2 aromatic rings. The van der Waals surface area contributed by atoms with Gasteiger partial charge in [-0.05, 0) is 30.7 Å². The fourth-order valence-corrected chi connectivity index (χ4v) is 4.00. The van der Waals surface area contributed by atoms with E-state index in [0.29, 0.717) is 6.42 Å². The third-order valence-corrected chi connectivity index (χ3v) is 5.26. The van der Waals surface area contributed by atoms with E-state index in [0.717, 1.165) is 39.7 Å². The molecule has 0 N–H and O–H groups in total. The minimum Gasteiger partial charge on any atom is -0.293 e. The Morgan fingerprint density at radius 1 is 1.26 bits per heavy atom. The molecule has 98 valence electrons. The zero-order valence-corrected chi connectivity index (χ0v) is 12.4. The summed E-state index contributed by atoms with van der Waals surface area (Å²) in [5.41, 5.74) is 2.12. The van der Waals surface area contributed by atoms with Crippen LogP contribution < -0.4 is 0 Å². The molecule has 0 saturated heterocycles. The van der Waals surface area contributed by atoms with Gasteiger partial charge in [0.25, 0.3) is 0 Å². The average molecular weight is 289 g/mol. The van der Waals surface area contributed by atoms with Crippen molar-refractivity contribution in [3.63, 3.8) is 0 Å². The molecule has 0 radical (unpaired) electrons. The van der Waals surface area contributed by atoms with Gasteiger partial charge in [0.05, 0.1) is 10.6 Å². The van der Waals surface area contributed by atoms with E-state index >= 15 is 0 Å². The fraction of sp³-hybridized carbons (Fsp3) is 0.333. The van der Waals surface area contributed by atoms with Crippen molar-refractivity contribution in [3.05, 3.63) is 34.8 Å². The number of aromatic nitrogens is 1. The normalized spacial score (nSPS) is 14.5. The van der Waals surface area contributed by atoms with Crippen LogP contribution in [0, 0.1) is 0 Å². The van der Waals surface area contributed by atoms with Crippen LogP contribution in [0.4, 0.5) is 0 Å². The molecule has 2 nitrogen and oxygen atoms in total. The summed E-state index contributed by atoms with van der Waals surface area (Å²) >= 11 is 3.38. The smallest absolute Gasteiger partial charge is 0.174 e. The largest absolute Gasteiger partial charge is 0.293 e. The van der Waals surface area contributed by atoms with Crippen molar-refractivity contribution in [2.24, 2.45) is 0 Å². The number of aryl methyl sites for hydroxylation is 1. The van der Waals surface area contributed by atoms with Crippen LogP contribution in [0.3, 0.4) is 0 Å². The predicted molar refractivity (Wildman–Crippen MR) is 81.2 cm³/mol. The van der Waals surface area contributed by atoms with Gasteiger partial charge in [0, 0.05) is 16.9 Å². The summed E-state index contributed by atoms with van der Waals surface area (Å²) < 4.78 is 0. The third kappa shape index (κ3) is 2.60. The molecule has 0 amide bonds. The molecule has 0 spiro atoms. The zero-order chi connectivity index (χ0) is 13.2. The fourth-order valence-electron chi connectivity index (χ4n) is 2.25. The van der Waals surface area contributed by atoms with Gasteiger partial charge in [-0.25, -0.2) is 4.98 Å². The average Bonchev–Trinajstić information content (AvgIpc) is 2.85. The summed E-state index contributed by atoms with van der Waals surface area (Å²) in [5.74, 6) is 1.35. The van der Waals surface area contributed by atoms with Crippen LogP contribution in [-0.4, -0.2) is 16.5 Å². The first-order chi connectivity index (χ1) is 9.28. The maximum atomic E-state index is 11.8. The molecule has 0 fully saturated rings. The first-order valence-electron chi connectivity index (χ1n) is 6.54. The Balaban J connectivity index is 1.92. The highest BCUT2D eigenvalue weighted by Gasteiger charge is 2.22. The maximum absolute atomic E-state index is 11.8. The van der Waals surface area contributed by atoms with E-state index in [2.05, 4.69) is 36.2 Å². The molecule has 1 aromatic heterocycles. The summed E-state index contributed by atoms with van der Waals surface area (Å²) in [4.78, 5) is 18.6. The highest BCUT2D eigenvalue weighted by atomic mass is 32.2. The molecule has 0 aliphatic heterocycles. The van der Waals surface area contributed by atoms with Gasteiger partial charge in [-0.1, -0.05) is 19.1 Å². The van der Waals surface area contributed by atoms with E-state index in [4.69, 9.17) is 0 Å². The van der Waals surface area contributed by atoms with E-state index in [1.54, 1.807) is 11.3 Å². The van der Waals surface area contributed by atoms with Crippen LogP contribution >= 0.6 is 23.1 Å². The van der Waals surface area contributed by atoms with Gasteiger partial charge < -0.3 is 0 Å². The highest BCUT2D eigenvalue weighted by Crippen LogP contribution is 2.33. The zero-order valence-electron chi connectivity index (χ0n) is 10.8. The van der Waals surface area contributed by atoms with Crippen LogP contribution in [0.2, 0.25) is 0 Å². The molecule has 0 saturated carbocycles. The van der Waals surface area contributed by atoms with E-state index < -0.39 is 0 Å². The molecule has 3 rings (SSSR count). The Kier molecular flexibility index (Phi) is 3.71.